The van der Waals surface area contributed by atoms with E-state index in [4.69, 9.17) is 0 Å². The highest BCUT2D eigenvalue weighted by molar-refractivity contribution is 5.85. The number of ketones is 1. The van der Waals surface area contributed by atoms with Gasteiger partial charge < -0.3 is 4.90 Å². The molecule has 1 atom stereocenters. The summed E-state index contributed by atoms with van der Waals surface area (Å²) >= 11 is 0. The Labute approximate surface area is 192 Å². The van der Waals surface area contributed by atoms with Crippen molar-refractivity contribution in [2.24, 2.45) is 0 Å². The molecule has 3 heteroatoms. The molecule has 4 rings (SSSR count). The lowest BCUT2D eigenvalue weighted by Crippen LogP contribution is -2.30. The van der Waals surface area contributed by atoms with Crippen molar-refractivity contribution in [2.45, 2.75) is 58.8 Å². The van der Waals surface area contributed by atoms with E-state index in [1.807, 2.05) is 0 Å². The van der Waals surface area contributed by atoms with Crippen molar-refractivity contribution in [3.8, 4) is 0 Å². The Morgan fingerprint density at radius 3 is 2.56 bits per heavy atom. The fraction of sp³-hybridized carbons (Fsp3) is 0.345. The van der Waals surface area contributed by atoms with Gasteiger partial charge in [0.15, 0.2) is 0 Å². The zero-order valence-corrected chi connectivity index (χ0v) is 20.2. The summed E-state index contributed by atoms with van der Waals surface area (Å²) in [5.74, 6) is 0.159. The minimum absolute atomic E-state index is 0.0717. The molecule has 1 unspecified atom stereocenters. The number of Topliss-reactive ketones (excluding diaryl/α,β-unsaturated/α-hetero) is 1. The maximum Gasteiger partial charge on any atom is 0.149 e. The highest BCUT2D eigenvalue weighted by Gasteiger charge is 2.45. The first-order valence-electron chi connectivity index (χ1n) is 11.5. The van der Waals surface area contributed by atoms with Gasteiger partial charge in [-0.3, -0.25) is 9.37 Å². The van der Waals surface area contributed by atoms with Crippen LogP contribution in [0.15, 0.2) is 66.4 Å². The third-order valence-electron chi connectivity index (χ3n) is 7.29. The van der Waals surface area contributed by atoms with Gasteiger partial charge in [0.1, 0.15) is 17.5 Å². The average molecular weight is 427 g/mol. The van der Waals surface area contributed by atoms with Crippen molar-refractivity contribution in [3.05, 3.63) is 89.1 Å². The van der Waals surface area contributed by atoms with E-state index in [0.717, 1.165) is 17.8 Å². The van der Waals surface area contributed by atoms with E-state index < -0.39 is 0 Å². The van der Waals surface area contributed by atoms with E-state index in [9.17, 15) is 4.79 Å². The Balaban J connectivity index is 1.73. The molecule has 3 nitrogen and oxygen atoms in total. The van der Waals surface area contributed by atoms with Gasteiger partial charge in [-0.15, -0.1) is 6.08 Å². The van der Waals surface area contributed by atoms with E-state index in [0.29, 0.717) is 6.54 Å². The number of anilines is 1. The van der Waals surface area contributed by atoms with E-state index in [1.54, 1.807) is 6.92 Å². The molecule has 0 aromatic heterocycles. The second-order valence-electron chi connectivity index (χ2n) is 9.86. The number of rotatable bonds is 5. The average Bonchev–Trinajstić information content (AvgIpc) is 3.09. The number of hydrogen-bond donors (Lipinski definition) is 0. The molecule has 0 aliphatic carbocycles. The molecule has 2 aliphatic heterocycles. The third kappa shape index (κ3) is 3.31. The van der Waals surface area contributed by atoms with Gasteiger partial charge in [0.05, 0.1) is 13.3 Å². The predicted octanol–water partition coefficient (Wildman–Crippen LogP) is 6.38. The first kappa shape index (κ1) is 22.1. The molecule has 2 aliphatic rings. The molecule has 0 radical (unpaired) electrons. The number of para-hydroxylation sites is 1. The highest BCUT2D eigenvalue weighted by atomic mass is 16.1. The van der Waals surface area contributed by atoms with Gasteiger partial charge in [-0.1, -0.05) is 75.7 Å². The van der Waals surface area contributed by atoms with Crippen LogP contribution in [-0.2, 0) is 15.6 Å². The van der Waals surface area contributed by atoms with Crippen molar-refractivity contribution < 1.29 is 9.37 Å². The van der Waals surface area contributed by atoms with E-state index in [2.05, 4.69) is 112 Å². The molecular weight excluding hydrogens is 392 g/mol. The lowest BCUT2D eigenvalue weighted by atomic mass is 9.76. The fourth-order valence-electron chi connectivity index (χ4n) is 5.30. The first-order valence-corrected chi connectivity index (χ1v) is 11.5. The van der Waals surface area contributed by atoms with Crippen LogP contribution in [0.1, 0.15) is 57.7 Å². The number of allylic oxidation sites excluding steroid dienone is 3. The van der Waals surface area contributed by atoms with Crippen LogP contribution in [0, 0.1) is 13.0 Å². The predicted molar refractivity (Wildman–Crippen MR) is 134 cm³/mol. The zero-order valence-electron chi connectivity index (χ0n) is 20.2. The number of carbonyl (C=O) groups excluding carboxylic acids is 1. The molecule has 2 heterocycles. The van der Waals surface area contributed by atoms with Crippen molar-refractivity contribution in [3.63, 3.8) is 0 Å². The molecule has 0 saturated carbocycles. The largest absolute Gasteiger partial charge is 0.337 e. The molecule has 2 aromatic rings. The summed E-state index contributed by atoms with van der Waals surface area (Å²) in [4.78, 5) is 14.3. The second kappa shape index (κ2) is 7.81. The quantitative estimate of drug-likeness (QED) is 0.409. The molecular formula is C29H34N2O. The van der Waals surface area contributed by atoms with Crippen molar-refractivity contribution in [1.29, 1.82) is 0 Å². The SMILES string of the molecule is C=[N+]1c2ccccc2C(C)(CC)[C-]1C=CC=C1N(CC(C)=O)c2ccc(C)cc2C1(C)C. The standard InChI is InChI=1S/C29H34N2O/c1-8-29(6)22-12-9-10-13-24(22)30(7)27(29)15-11-14-26-28(4,5)23-18-20(2)16-17-25(23)31(26)19-21(3)32/h9-18H,7-8,19H2,1-6H3. The molecule has 166 valence electrons. The molecule has 32 heavy (non-hydrogen) atoms. The van der Waals surface area contributed by atoms with Crippen LogP contribution >= 0.6 is 0 Å². The van der Waals surface area contributed by atoms with E-state index >= 15 is 0 Å². The van der Waals surface area contributed by atoms with Gasteiger partial charge >= 0.3 is 0 Å². The van der Waals surface area contributed by atoms with Crippen molar-refractivity contribution >= 4 is 23.9 Å². The zero-order chi connectivity index (χ0) is 23.3. The number of hydrogen-bond acceptors (Lipinski definition) is 2. The van der Waals surface area contributed by atoms with Crippen molar-refractivity contribution in [2.75, 3.05) is 11.4 Å². The Kier molecular flexibility index (Phi) is 5.40. The van der Waals surface area contributed by atoms with Crippen LogP contribution in [-0.4, -0.2) is 23.6 Å². The van der Waals surface area contributed by atoms with Crippen LogP contribution in [0.5, 0.6) is 0 Å². The van der Waals surface area contributed by atoms with Crippen LogP contribution in [0.2, 0.25) is 0 Å². The number of benzene rings is 2. The van der Waals surface area contributed by atoms with Gasteiger partial charge in [-0.05, 0) is 43.5 Å². The number of nitrogens with zero attached hydrogens (tertiary/aromatic N) is 2. The molecule has 0 bridgehead atoms. The smallest absolute Gasteiger partial charge is 0.149 e. The van der Waals surface area contributed by atoms with Gasteiger partial charge in [0, 0.05) is 22.2 Å². The van der Waals surface area contributed by atoms with Crippen molar-refractivity contribution in [1.82, 2.24) is 0 Å². The monoisotopic (exact) mass is 426 g/mol. The number of fused-ring (bicyclic) bond motifs is 2. The summed E-state index contributed by atoms with van der Waals surface area (Å²) in [7, 11) is 0. The Morgan fingerprint density at radius 2 is 1.88 bits per heavy atom. The Morgan fingerprint density at radius 1 is 1.16 bits per heavy atom. The van der Waals surface area contributed by atoms with Gasteiger partial charge in [-0.2, -0.15) is 0 Å². The maximum atomic E-state index is 12.1. The first-order chi connectivity index (χ1) is 15.1. The lowest BCUT2D eigenvalue weighted by Gasteiger charge is -2.28. The van der Waals surface area contributed by atoms with Crippen LogP contribution in [0.25, 0.3) is 0 Å². The Bertz CT molecular complexity index is 1150. The third-order valence-corrected chi connectivity index (χ3v) is 7.29. The number of aryl methyl sites for hydroxylation is 1. The van der Waals surface area contributed by atoms with Gasteiger partial charge in [0.2, 0.25) is 0 Å². The minimum atomic E-state index is -0.178. The summed E-state index contributed by atoms with van der Waals surface area (Å²) < 4.78 is 2.07. The minimum Gasteiger partial charge on any atom is -0.337 e. The van der Waals surface area contributed by atoms with Gasteiger partial charge in [0.25, 0.3) is 0 Å². The topological polar surface area (TPSA) is 23.3 Å². The maximum absolute atomic E-state index is 12.1. The molecule has 0 fully saturated rings. The summed E-state index contributed by atoms with van der Waals surface area (Å²) in [6.07, 6.45) is 7.51. The molecule has 0 spiro atoms. The van der Waals surface area contributed by atoms with E-state index in [-0.39, 0.29) is 16.6 Å². The summed E-state index contributed by atoms with van der Waals surface area (Å²) in [6.45, 7) is 17.5. The summed E-state index contributed by atoms with van der Waals surface area (Å²) in [5.41, 5.74) is 7.04. The highest BCUT2D eigenvalue weighted by Crippen LogP contribution is 2.51. The summed E-state index contributed by atoms with van der Waals surface area (Å²) in [6, 6.07) is 16.2. The molecule has 0 saturated heterocycles. The van der Waals surface area contributed by atoms with Crippen LogP contribution in [0.3, 0.4) is 0 Å². The van der Waals surface area contributed by atoms with Crippen LogP contribution < -0.4 is 4.90 Å². The van der Waals surface area contributed by atoms with E-state index in [1.165, 1.54) is 28.4 Å². The normalized spacial score (nSPS) is 22.7. The molecule has 0 N–H and O–H groups in total. The van der Waals surface area contributed by atoms with Crippen LogP contribution in [0.4, 0.5) is 11.4 Å². The summed E-state index contributed by atoms with van der Waals surface area (Å²) in [5, 5.41) is 0. The Hall–Kier alpha value is -3.07. The fourth-order valence-corrected chi connectivity index (χ4v) is 5.30. The molecule has 2 aromatic carbocycles. The second-order valence-corrected chi connectivity index (χ2v) is 9.86. The lowest BCUT2D eigenvalue weighted by molar-refractivity contribution is -0.405. The van der Waals surface area contributed by atoms with Gasteiger partial charge in [-0.25, -0.2) is 0 Å². The number of carbonyl (C=O) groups is 1. The molecule has 0 amide bonds.